The zero-order valence-corrected chi connectivity index (χ0v) is 29.9. The van der Waals surface area contributed by atoms with Gasteiger partial charge in [-0.3, -0.25) is 4.79 Å². The molecule has 2 aromatic carbocycles. The first-order valence-electron chi connectivity index (χ1n) is 17.0. The van der Waals surface area contributed by atoms with Gasteiger partial charge in [0.2, 0.25) is 0 Å². The highest BCUT2D eigenvalue weighted by atomic mass is 19.4. The van der Waals surface area contributed by atoms with E-state index in [1.165, 1.54) is 6.07 Å². The minimum atomic E-state index is -4.86. The first-order valence-corrected chi connectivity index (χ1v) is 17.0. The van der Waals surface area contributed by atoms with Crippen molar-refractivity contribution in [2.45, 2.75) is 111 Å². The van der Waals surface area contributed by atoms with E-state index in [0.717, 1.165) is 24.8 Å². The van der Waals surface area contributed by atoms with Crippen LogP contribution in [0.15, 0.2) is 46.9 Å². The first kappa shape index (κ1) is 40.2. The van der Waals surface area contributed by atoms with Gasteiger partial charge >= 0.3 is 12.3 Å². The fourth-order valence-corrected chi connectivity index (χ4v) is 5.79. The number of esters is 1. The SMILES string of the molecule is CCCCCc1ccc(-c2cc3ccc(OCC(O)CCC(CO)COC(=O)C(C)(CC(C)(C)N)C(C)(C)C)cc3o2)c(OC(F)(F)F)c1. The van der Waals surface area contributed by atoms with Crippen molar-refractivity contribution in [3.05, 3.63) is 48.0 Å². The minimum Gasteiger partial charge on any atom is -0.491 e. The maximum Gasteiger partial charge on any atom is 0.573 e. The Morgan fingerprint density at radius 1 is 0.959 bits per heavy atom. The van der Waals surface area contributed by atoms with E-state index in [1.807, 2.05) is 41.5 Å². The molecule has 0 aliphatic heterocycles. The number of carbonyl (C=O) groups excluding carboxylic acids is 1. The molecule has 3 rings (SSSR count). The van der Waals surface area contributed by atoms with Gasteiger partial charge in [0.15, 0.2) is 0 Å². The topological polar surface area (TPSA) is 124 Å². The summed E-state index contributed by atoms with van der Waals surface area (Å²) in [6.45, 7) is 13.3. The zero-order chi connectivity index (χ0) is 36.6. The molecule has 0 aliphatic rings. The van der Waals surface area contributed by atoms with Crippen LogP contribution in [0.2, 0.25) is 0 Å². The Kier molecular flexibility index (Phi) is 13.6. The van der Waals surface area contributed by atoms with Gasteiger partial charge < -0.3 is 34.6 Å². The summed E-state index contributed by atoms with van der Waals surface area (Å²) in [6, 6.07) is 11.4. The lowest BCUT2D eigenvalue weighted by Crippen LogP contribution is -2.49. The summed E-state index contributed by atoms with van der Waals surface area (Å²) in [4.78, 5) is 13.2. The van der Waals surface area contributed by atoms with E-state index in [1.54, 1.807) is 36.4 Å². The van der Waals surface area contributed by atoms with E-state index in [2.05, 4.69) is 11.7 Å². The molecule has 49 heavy (non-hydrogen) atoms. The second-order valence-corrected chi connectivity index (χ2v) is 15.1. The van der Waals surface area contributed by atoms with Crippen molar-refractivity contribution in [2.75, 3.05) is 19.8 Å². The van der Waals surface area contributed by atoms with Crippen molar-refractivity contribution in [1.82, 2.24) is 0 Å². The molecule has 4 N–H and O–H groups in total. The molecule has 0 aliphatic carbocycles. The zero-order valence-electron chi connectivity index (χ0n) is 29.9. The van der Waals surface area contributed by atoms with Gasteiger partial charge in [0, 0.05) is 29.5 Å². The average molecular weight is 694 g/mol. The fourth-order valence-electron chi connectivity index (χ4n) is 5.79. The normalized spacial score (nSPS) is 15.1. The van der Waals surface area contributed by atoms with Crippen LogP contribution in [0.5, 0.6) is 11.5 Å². The third-order valence-corrected chi connectivity index (χ3v) is 9.07. The third-order valence-electron chi connectivity index (χ3n) is 9.07. The monoisotopic (exact) mass is 693 g/mol. The molecule has 274 valence electrons. The number of hydrogen-bond acceptors (Lipinski definition) is 8. The Morgan fingerprint density at radius 3 is 2.29 bits per heavy atom. The molecular formula is C38H54F3NO7. The number of fused-ring (bicyclic) bond motifs is 1. The Bertz CT molecular complexity index is 1510. The molecule has 1 aromatic heterocycles. The number of aliphatic hydroxyl groups is 2. The van der Waals surface area contributed by atoms with Crippen molar-refractivity contribution < 1.29 is 46.8 Å². The van der Waals surface area contributed by atoms with E-state index < -0.39 is 28.8 Å². The van der Waals surface area contributed by atoms with Gasteiger partial charge in [-0.05, 0) is 94.2 Å². The molecule has 0 saturated carbocycles. The van der Waals surface area contributed by atoms with Gasteiger partial charge in [0.05, 0.1) is 23.7 Å². The number of aliphatic hydroxyl groups excluding tert-OH is 2. The van der Waals surface area contributed by atoms with Crippen molar-refractivity contribution in [3.63, 3.8) is 0 Å². The quantitative estimate of drug-likeness (QED) is 0.0894. The summed E-state index contributed by atoms with van der Waals surface area (Å²) in [5.41, 5.74) is 5.75. The summed E-state index contributed by atoms with van der Waals surface area (Å²) in [7, 11) is 0. The molecule has 0 bridgehead atoms. The van der Waals surface area contributed by atoms with E-state index in [9.17, 15) is 28.2 Å². The molecule has 1 heterocycles. The summed E-state index contributed by atoms with van der Waals surface area (Å²) in [5.74, 6) is -0.442. The van der Waals surface area contributed by atoms with Gasteiger partial charge in [0.1, 0.15) is 29.4 Å². The lowest BCUT2D eigenvalue weighted by molar-refractivity contribution is -0.274. The molecule has 0 radical (unpaired) electrons. The maximum absolute atomic E-state index is 13.3. The van der Waals surface area contributed by atoms with Gasteiger partial charge in [0.25, 0.3) is 0 Å². The number of nitrogens with two attached hydrogens (primary N) is 1. The molecule has 11 heteroatoms. The highest BCUT2D eigenvalue weighted by molar-refractivity contribution is 5.85. The molecular weight excluding hydrogens is 639 g/mol. The summed E-state index contributed by atoms with van der Waals surface area (Å²) >= 11 is 0. The van der Waals surface area contributed by atoms with Gasteiger partial charge in [-0.15, -0.1) is 13.2 Å². The maximum atomic E-state index is 13.3. The number of hydrogen-bond donors (Lipinski definition) is 3. The van der Waals surface area contributed by atoms with Gasteiger partial charge in [-0.1, -0.05) is 46.6 Å². The van der Waals surface area contributed by atoms with Gasteiger partial charge in [-0.2, -0.15) is 0 Å². The number of benzene rings is 2. The Morgan fingerprint density at radius 2 is 1.67 bits per heavy atom. The van der Waals surface area contributed by atoms with Crippen LogP contribution in [0.3, 0.4) is 0 Å². The summed E-state index contributed by atoms with van der Waals surface area (Å²) in [5, 5.41) is 21.2. The molecule has 3 aromatic rings. The van der Waals surface area contributed by atoms with E-state index in [0.29, 0.717) is 42.4 Å². The second-order valence-electron chi connectivity index (χ2n) is 15.1. The standard InChI is InChI=1S/C38H54F3NO7/c1-8-9-10-11-25-13-17-30(33(18-25)49-38(39,40)41)32-19-27-14-16-29(20-31(27)48-32)46-23-28(44)15-12-26(21-43)22-47-34(45)37(7,35(2,3)4)24-36(5,6)42/h13-14,16-20,26,28,43-44H,8-12,15,21-24,42H2,1-7H3. The number of carbonyl (C=O) groups is 1. The smallest absolute Gasteiger partial charge is 0.491 e. The lowest BCUT2D eigenvalue weighted by Gasteiger charge is -2.43. The van der Waals surface area contributed by atoms with Crippen LogP contribution in [0.25, 0.3) is 22.3 Å². The third kappa shape index (κ3) is 11.9. The predicted molar refractivity (Wildman–Crippen MR) is 184 cm³/mol. The molecule has 8 nitrogen and oxygen atoms in total. The van der Waals surface area contributed by atoms with Crippen LogP contribution in [-0.2, 0) is 16.0 Å². The van der Waals surface area contributed by atoms with Crippen molar-refractivity contribution >= 4 is 16.9 Å². The van der Waals surface area contributed by atoms with Crippen LogP contribution < -0.4 is 15.2 Å². The summed E-state index contributed by atoms with van der Waals surface area (Å²) in [6.07, 6.45) is -1.13. The van der Waals surface area contributed by atoms with Crippen LogP contribution in [0.1, 0.15) is 92.6 Å². The number of unbranched alkanes of at least 4 members (excludes halogenated alkanes) is 2. The molecule has 3 unspecified atom stereocenters. The summed E-state index contributed by atoms with van der Waals surface area (Å²) < 4.78 is 61.6. The van der Waals surface area contributed by atoms with Crippen molar-refractivity contribution in [1.29, 1.82) is 0 Å². The number of halogens is 3. The van der Waals surface area contributed by atoms with Crippen LogP contribution in [0.4, 0.5) is 13.2 Å². The molecule has 0 amide bonds. The average Bonchev–Trinajstić information content (AvgIpc) is 3.41. The van der Waals surface area contributed by atoms with Crippen LogP contribution in [0, 0.1) is 16.7 Å². The fraction of sp³-hybridized carbons (Fsp3) is 0.605. The highest BCUT2D eigenvalue weighted by Gasteiger charge is 2.48. The number of furan rings is 1. The van der Waals surface area contributed by atoms with Gasteiger partial charge in [-0.25, -0.2) is 0 Å². The van der Waals surface area contributed by atoms with Crippen LogP contribution >= 0.6 is 0 Å². The van der Waals surface area contributed by atoms with E-state index >= 15 is 0 Å². The molecule has 0 saturated heterocycles. The van der Waals surface area contributed by atoms with E-state index in [-0.39, 0.29) is 48.8 Å². The Balaban J connectivity index is 1.61. The predicted octanol–water partition coefficient (Wildman–Crippen LogP) is 8.58. The molecule has 3 atom stereocenters. The Labute approximate surface area is 288 Å². The Hall–Kier alpha value is -3.28. The number of aryl methyl sites for hydroxylation is 1. The molecule has 0 spiro atoms. The second kappa shape index (κ2) is 16.6. The van der Waals surface area contributed by atoms with Crippen molar-refractivity contribution in [2.24, 2.45) is 22.5 Å². The molecule has 0 fully saturated rings. The highest BCUT2D eigenvalue weighted by Crippen LogP contribution is 2.45. The van der Waals surface area contributed by atoms with Crippen molar-refractivity contribution in [3.8, 4) is 22.8 Å². The lowest BCUT2D eigenvalue weighted by atomic mass is 9.63. The minimum absolute atomic E-state index is 0.00832. The number of alkyl halides is 3. The first-order chi connectivity index (χ1) is 22.7. The van der Waals surface area contributed by atoms with E-state index in [4.69, 9.17) is 19.6 Å². The number of rotatable bonds is 18. The largest absolute Gasteiger partial charge is 0.573 e. The number of ether oxygens (including phenoxy) is 3. The van der Waals surface area contributed by atoms with Crippen LogP contribution in [-0.4, -0.2) is 54.0 Å².